The third kappa shape index (κ3) is 5.99. The summed E-state index contributed by atoms with van der Waals surface area (Å²) in [5.74, 6) is 6.69. The number of nitrogens with one attached hydrogen (secondary N) is 2. The summed E-state index contributed by atoms with van der Waals surface area (Å²) < 4.78 is 1.88. The van der Waals surface area contributed by atoms with Crippen molar-refractivity contribution in [3.8, 4) is 11.3 Å². The Bertz CT molecular complexity index is 1090. The van der Waals surface area contributed by atoms with Crippen molar-refractivity contribution in [3.63, 3.8) is 0 Å². The molecule has 0 bridgehead atoms. The van der Waals surface area contributed by atoms with Gasteiger partial charge in [-0.25, -0.2) is 10.4 Å². The van der Waals surface area contributed by atoms with E-state index in [1.54, 1.807) is 7.05 Å². The van der Waals surface area contributed by atoms with Gasteiger partial charge in [0.15, 0.2) is 0 Å². The zero-order valence-corrected chi connectivity index (χ0v) is 19.1. The molecule has 31 heavy (non-hydrogen) atoms. The highest BCUT2D eigenvalue weighted by Gasteiger charge is 2.10. The summed E-state index contributed by atoms with van der Waals surface area (Å²) in [5.41, 5.74) is 11.2. The molecule has 0 amide bonds. The largest absolute Gasteiger partial charge is 0.323 e. The molecule has 0 aliphatic rings. The second-order valence-corrected chi connectivity index (χ2v) is 6.70. The van der Waals surface area contributed by atoms with Crippen molar-refractivity contribution >= 4 is 23.1 Å². The van der Waals surface area contributed by atoms with Gasteiger partial charge in [0.25, 0.3) is 0 Å². The molecule has 0 saturated carbocycles. The smallest absolute Gasteiger partial charge is 0.233 e. The zero-order chi connectivity index (χ0) is 22.8. The van der Waals surface area contributed by atoms with Crippen LogP contribution in [-0.2, 0) is 7.05 Å². The highest BCUT2D eigenvalue weighted by molar-refractivity contribution is 6.22. The molecular formula is C23H32N8. The van der Waals surface area contributed by atoms with Gasteiger partial charge < -0.3 is 11.3 Å². The van der Waals surface area contributed by atoms with Crippen molar-refractivity contribution in [2.45, 2.75) is 27.7 Å². The van der Waals surface area contributed by atoms with Crippen molar-refractivity contribution < 1.29 is 0 Å². The molecule has 0 unspecified atom stereocenters. The zero-order valence-electron chi connectivity index (χ0n) is 19.1. The lowest BCUT2D eigenvalue weighted by molar-refractivity contribution is 0.759. The van der Waals surface area contributed by atoms with Gasteiger partial charge in [-0.2, -0.15) is 10.1 Å². The third-order valence-corrected chi connectivity index (χ3v) is 4.59. The Kier molecular flexibility index (Phi) is 8.90. The average Bonchev–Trinajstić information content (AvgIpc) is 2.77. The molecule has 1 aromatic heterocycles. The number of hydrogen-bond donors (Lipinski definition) is 3. The van der Waals surface area contributed by atoms with E-state index < -0.39 is 0 Å². The molecule has 164 valence electrons. The van der Waals surface area contributed by atoms with Gasteiger partial charge in [0.2, 0.25) is 5.95 Å². The molecule has 0 spiro atoms. The Morgan fingerprint density at radius 2 is 2.03 bits per heavy atom. The summed E-state index contributed by atoms with van der Waals surface area (Å²) in [6.45, 7) is 8.47. The number of hydrazine groups is 1. The lowest BCUT2D eigenvalue weighted by Gasteiger charge is -2.12. The molecule has 0 saturated heterocycles. The van der Waals surface area contributed by atoms with Crippen LogP contribution in [0.25, 0.3) is 16.8 Å². The normalized spacial score (nSPS) is 13.9. The fraction of sp³-hybridized carbons (Fsp3) is 0.304. The molecule has 0 aliphatic carbocycles. The van der Waals surface area contributed by atoms with Crippen LogP contribution in [0, 0.1) is 0 Å². The molecule has 8 nitrogen and oxygen atoms in total. The Labute approximate surface area is 184 Å². The Morgan fingerprint density at radius 3 is 2.65 bits per heavy atom. The highest BCUT2D eigenvalue weighted by atomic mass is 15.4. The second kappa shape index (κ2) is 11.6. The average molecular weight is 421 g/mol. The van der Waals surface area contributed by atoms with Crippen LogP contribution in [0.15, 0.2) is 63.6 Å². The molecule has 2 rings (SSSR count). The fourth-order valence-electron chi connectivity index (χ4n) is 3.10. The van der Waals surface area contributed by atoms with E-state index in [0.29, 0.717) is 18.3 Å². The first-order chi connectivity index (χ1) is 15.0. The maximum atomic E-state index is 5.51. The van der Waals surface area contributed by atoms with Gasteiger partial charge in [0.05, 0.1) is 11.4 Å². The first-order valence-corrected chi connectivity index (χ1v) is 10.2. The number of nitrogens with two attached hydrogens (primary N) is 1. The summed E-state index contributed by atoms with van der Waals surface area (Å²) in [6.07, 6.45) is 5.78. The van der Waals surface area contributed by atoms with Gasteiger partial charge in [-0.1, -0.05) is 30.4 Å². The number of allylic oxidation sites excluding steroid dienone is 3. The minimum absolute atomic E-state index is 0.539. The number of amidine groups is 1. The summed E-state index contributed by atoms with van der Waals surface area (Å²) in [6, 6.07) is 10.1. The molecule has 1 heterocycles. The monoisotopic (exact) mass is 420 g/mol. The first-order valence-electron chi connectivity index (χ1n) is 10.2. The standard InChI is InChI=1S/C23H32N8/c1-7-11-21(30-25-5)28-23-27-20(15-22(26-9-3)31(23)6)18-13-10-12-17(14-18)19(8-2)16(4)29-24/h7-8,10-15,25H,9,24H2,1-6H3,(H,27,28,30)/b11-7+,19-8-,26-22?,29-16-. The Morgan fingerprint density at radius 1 is 1.26 bits per heavy atom. The number of benzene rings is 1. The molecule has 4 N–H and O–H groups in total. The number of hydrazone groups is 1. The van der Waals surface area contributed by atoms with Crippen LogP contribution < -0.4 is 22.2 Å². The van der Waals surface area contributed by atoms with Crippen LogP contribution in [0.4, 0.5) is 5.95 Å². The summed E-state index contributed by atoms with van der Waals surface area (Å²) in [4.78, 5) is 14.1. The van der Waals surface area contributed by atoms with E-state index in [1.165, 1.54) is 0 Å². The van der Waals surface area contributed by atoms with Gasteiger partial charge in [0, 0.05) is 37.8 Å². The van der Waals surface area contributed by atoms with E-state index in [4.69, 9.17) is 10.8 Å². The first kappa shape index (κ1) is 23.8. The SMILES string of the molecule is C/C=C/C(=N\c1nc(-c2cccc(C(=C\C)/C(C)=N\N)c2)cc(=NCC)n1C)NNC. The van der Waals surface area contributed by atoms with E-state index >= 15 is 0 Å². The van der Waals surface area contributed by atoms with Crippen LogP contribution in [-0.4, -0.2) is 34.7 Å². The minimum Gasteiger partial charge on any atom is -0.323 e. The van der Waals surface area contributed by atoms with Gasteiger partial charge in [-0.3, -0.25) is 9.56 Å². The number of aromatic nitrogens is 2. The fourth-order valence-corrected chi connectivity index (χ4v) is 3.10. The van der Waals surface area contributed by atoms with Gasteiger partial charge in [-0.15, -0.1) is 0 Å². The van der Waals surface area contributed by atoms with E-state index in [0.717, 1.165) is 33.6 Å². The van der Waals surface area contributed by atoms with Crippen molar-refractivity contribution in [3.05, 3.63) is 59.6 Å². The number of rotatable bonds is 7. The molecular weight excluding hydrogens is 388 g/mol. The summed E-state index contributed by atoms with van der Waals surface area (Å²) in [5, 5.41) is 3.85. The van der Waals surface area contributed by atoms with Gasteiger partial charge in [-0.05, 0) is 45.4 Å². The maximum absolute atomic E-state index is 5.51. The van der Waals surface area contributed by atoms with E-state index in [2.05, 4.69) is 32.0 Å². The summed E-state index contributed by atoms with van der Waals surface area (Å²) >= 11 is 0. The van der Waals surface area contributed by atoms with Crippen molar-refractivity contribution in [1.82, 2.24) is 20.4 Å². The lowest BCUT2D eigenvalue weighted by Crippen LogP contribution is -2.33. The number of hydrogen-bond acceptors (Lipinski definition) is 6. The third-order valence-electron chi connectivity index (χ3n) is 4.59. The van der Waals surface area contributed by atoms with Gasteiger partial charge >= 0.3 is 0 Å². The van der Waals surface area contributed by atoms with Crippen LogP contribution in [0.2, 0.25) is 0 Å². The molecule has 0 radical (unpaired) electrons. The summed E-state index contributed by atoms with van der Waals surface area (Å²) in [7, 11) is 3.70. The Hall–Kier alpha value is -3.52. The van der Waals surface area contributed by atoms with Crippen molar-refractivity contribution in [1.29, 1.82) is 0 Å². The lowest BCUT2D eigenvalue weighted by atomic mass is 9.98. The van der Waals surface area contributed by atoms with Crippen LogP contribution in [0.5, 0.6) is 0 Å². The molecule has 0 aliphatic heterocycles. The highest BCUT2D eigenvalue weighted by Crippen LogP contribution is 2.24. The van der Waals surface area contributed by atoms with Crippen LogP contribution in [0.3, 0.4) is 0 Å². The molecule has 1 aromatic carbocycles. The second-order valence-electron chi connectivity index (χ2n) is 6.70. The predicted molar refractivity (Wildman–Crippen MR) is 130 cm³/mol. The van der Waals surface area contributed by atoms with E-state index in [9.17, 15) is 0 Å². The topological polar surface area (TPSA) is 105 Å². The number of aliphatic imine (C=N–C) groups is 1. The Balaban J connectivity index is 2.70. The molecule has 8 heteroatoms. The molecule has 0 fully saturated rings. The van der Waals surface area contributed by atoms with Crippen molar-refractivity contribution in [2.24, 2.45) is 28.0 Å². The van der Waals surface area contributed by atoms with Crippen LogP contribution in [0.1, 0.15) is 33.3 Å². The van der Waals surface area contributed by atoms with Gasteiger partial charge in [0.1, 0.15) is 11.3 Å². The van der Waals surface area contributed by atoms with E-state index in [1.807, 2.05) is 81.8 Å². The maximum Gasteiger partial charge on any atom is 0.233 e. The van der Waals surface area contributed by atoms with Crippen LogP contribution >= 0.6 is 0 Å². The van der Waals surface area contributed by atoms with E-state index in [-0.39, 0.29) is 0 Å². The number of nitrogens with zero attached hydrogens (tertiary/aromatic N) is 5. The molecule has 2 aromatic rings. The molecule has 0 atom stereocenters. The quantitative estimate of drug-likeness (QED) is 0.277. The van der Waals surface area contributed by atoms with Crippen molar-refractivity contribution in [2.75, 3.05) is 13.6 Å². The minimum atomic E-state index is 0.539. The predicted octanol–water partition coefficient (Wildman–Crippen LogP) is 3.08.